The maximum absolute atomic E-state index is 12.4. The highest BCUT2D eigenvalue weighted by atomic mass is 32.2. The number of para-hydroxylation sites is 1. The van der Waals surface area contributed by atoms with E-state index >= 15 is 0 Å². The molecule has 5 nitrogen and oxygen atoms in total. The third-order valence-electron chi connectivity index (χ3n) is 5.43. The average molecular weight is 445 g/mol. The smallest absolute Gasteiger partial charge is 0.335 e. The summed E-state index contributed by atoms with van der Waals surface area (Å²) in [7, 11) is 0. The number of hydrogen-bond acceptors (Lipinski definition) is 3. The normalized spacial score (nSPS) is 11.9. The molecule has 0 aromatic heterocycles. The van der Waals surface area contributed by atoms with Gasteiger partial charge in [0.1, 0.15) is 0 Å². The number of carbonyl (C=O) groups is 1. The first-order chi connectivity index (χ1) is 15.5. The Labute approximate surface area is 189 Å². The fourth-order valence-electron chi connectivity index (χ4n) is 3.94. The molecular formula is C26H22NO4S-. The van der Waals surface area contributed by atoms with E-state index in [0.717, 1.165) is 28.3 Å². The zero-order valence-electron chi connectivity index (χ0n) is 17.3. The first-order valence-corrected chi connectivity index (χ1v) is 11.3. The van der Waals surface area contributed by atoms with Crippen molar-refractivity contribution in [1.29, 1.82) is 0 Å². The molecule has 4 aromatic carbocycles. The van der Waals surface area contributed by atoms with Crippen LogP contribution in [0.2, 0.25) is 0 Å². The van der Waals surface area contributed by atoms with Gasteiger partial charge >= 0.3 is 5.97 Å². The summed E-state index contributed by atoms with van der Waals surface area (Å²) in [5, 5.41) is 11.0. The third kappa shape index (κ3) is 4.72. The van der Waals surface area contributed by atoms with Crippen LogP contribution < -0.4 is 4.31 Å². The number of hydrogen-bond donors (Lipinski definition) is 1. The molecule has 0 amide bonds. The summed E-state index contributed by atoms with van der Waals surface area (Å²) < 4.78 is 26.1. The quantitative estimate of drug-likeness (QED) is 0.356. The molecule has 0 spiro atoms. The molecule has 0 aliphatic rings. The fourth-order valence-corrected chi connectivity index (χ4v) is 4.60. The molecule has 0 saturated heterocycles. The second kappa shape index (κ2) is 9.77. The Bertz CT molecular complexity index is 1280. The summed E-state index contributed by atoms with van der Waals surface area (Å²) in [4.78, 5) is 11.2. The van der Waals surface area contributed by atoms with Crippen molar-refractivity contribution >= 4 is 39.4 Å². The predicted octanol–water partition coefficient (Wildman–Crippen LogP) is 5.65. The van der Waals surface area contributed by atoms with Gasteiger partial charge in [-0.2, -0.15) is 0 Å². The summed E-state index contributed by atoms with van der Waals surface area (Å²) >= 11 is -2.50. The molecule has 162 valence electrons. The molecule has 0 bridgehead atoms. The lowest BCUT2D eigenvalue weighted by molar-refractivity contribution is 0.0696. The molecule has 0 fully saturated rings. The van der Waals surface area contributed by atoms with Crippen LogP contribution in [-0.2, 0) is 24.1 Å². The van der Waals surface area contributed by atoms with E-state index in [1.165, 1.54) is 4.31 Å². The lowest BCUT2D eigenvalue weighted by Crippen LogP contribution is -2.21. The molecule has 4 rings (SSSR count). The molecule has 0 saturated carbocycles. The number of carboxylic acid groups (broad SMARTS) is 1. The van der Waals surface area contributed by atoms with E-state index < -0.39 is 17.2 Å². The van der Waals surface area contributed by atoms with Crippen LogP contribution in [0, 0.1) is 0 Å². The first-order valence-electron chi connectivity index (χ1n) is 10.3. The number of rotatable bonds is 8. The average Bonchev–Trinajstić information content (AvgIpc) is 2.80. The van der Waals surface area contributed by atoms with Crippen molar-refractivity contribution in [2.75, 3.05) is 4.31 Å². The zero-order chi connectivity index (χ0) is 22.5. The topological polar surface area (TPSA) is 80.7 Å². The van der Waals surface area contributed by atoms with Gasteiger partial charge in [-0.3, -0.25) is 8.51 Å². The zero-order valence-corrected chi connectivity index (χ0v) is 18.1. The van der Waals surface area contributed by atoms with E-state index in [1.807, 2.05) is 72.8 Å². The van der Waals surface area contributed by atoms with Gasteiger partial charge in [0.2, 0.25) is 0 Å². The van der Waals surface area contributed by atoms with Crippen molar-refractivity contribution in [3.8, 4) is 0 Å². The molecule has 0 radical (unpaired) electrons. The van der Waals surface area contributed by atoms with Crippen molar-refractivity contribution in [3.63, 3.8) is 0 Å². The minimum absolute atomic E-state index is 0.270. The predicted molar refractivity (Wildman–Crippen MR) is 127 cm³/mol. The summed E-state index contributed by atoms with van der Waals surface area (Å²) in [6, 6.07) is 27.7. The van der Waals surface area contributed by atoms with Gasteiger partial charge in [-0.1, -0.05) is 66.7 Å². The molecule has 1 N–H and O–H groups in total. The lowest BCUT2D eigenvalue weighted by atomic mass is 10.0. The maximum Gasteiger partial charge on any atom is 0.335 e. The van der Waals surface area contributed by atoms with Gasteiger partial charge in [-0.05, 0) is 60.0 Å². The Balaban J connectivity index is 1.62. The third-order valence-corrected chi connectivity index (χ3v) is 6.12. The van der Waals surface area contributed by atoms with Crippen LogP contribution in [-0.4, -0.2) is 19.8 Å². The number of anilines is 2. The standard InChI is InChI=1S/C26H23NO4S/c28-26(29)22-14-6-9-19(18-22)8-5-13-21-11-2-4-16-24(21)27(32(30)31)25-17-7-12-20-10-1-3-15-23(20)25/h1-4,6-7,9-12,14-18H,5,8,13H2,(H,28,29)(H,30,31)/p-1. The van der Waals surface area contributed by atoms with Crippen LogP contribution in [0.25, 0.3) is 10.8 Å². The minimum Gasteiger partial charge on any atom is -0.755 e. The van der Waals surface area contributed by atoms with Crippen LogP contribution in [0.1, 0.15) is 27.9 Å². The second-order valence-electron chi connectivity index (χ2n) is 7.50. The number of aryl methyl sites for hydroxylation is 2. The highest BCUT2D eigenvalue weighted by Gasteiger charge is 2.16. The second-order valence-corrected chi connectivity index (χ2v) is 8.30. The number of aromatic carboxylic acids is 1. The number of carboxylic acids is 1. The highest BCUT2D eigenvalue weighted by Crippen LogP contribution is 2.35. The van der Waals surface area contributed by atoms with Crippen LogP contribution in [0.4, 0.5) is 11.4 Å². The Kier molecular flexibility index (Phi) is 6.63. The van der Waals surface area contributed by atoms with E-state index in [2.05, 4.69) is 0 Å². The summed E-state index contributed by atoms with van der Waals surface area (Å²) in [6.45, 7) is 0. The van der Waals surface area contributed by atoms with E-state index in [9.17, 15) is 18.7 Å². The maximum atomic E-state index is 12.4. The molecule has 4 aromatic rings. The molecule has 0 aliphatic carbocycles. The van der Waals surface area contributed by atoms with E-state index in [1.54, 1.807) is 18.2 Å². The SMILES string of the molecule is O=C(O)c1cccc(CCCc2ccccc2N(c2cccc3ccccc23)S(=O)[O-])c1. The van der Waals surface area contributed by atoms with Gasteiger partial charge in [-0.25, -0.2) is 4.79 Å². The monoisotopic (exact) mass is 444 g/mol. The van der Waals surface area contributed by atoms with Crippen LogP contribution in [0.3, 0.4) is 0 Å². The van der Waals surface area contributed by atoms with Crippen molar-refractivity contribution < 1.29 is 18.7 Å². The Hall–Kier alpha value is -3.48. The molecular weight excluding hydrogens is 422 g/mol. The van der Waals surface area contributed by atoms with Gasteiger partial charge in [0.15, 0.2) is 0 Å². The summed E-state index contributed by atoms with van der Waals surface area (Å²) in [5.41, 5.74) is 3.36. The molecule has 0 heterocycles. The molecule has 6 heteroatoms. The summed E-state index contributed by atoms with van der Waals surface area (Å²) in [6.07, 6.45) is 2.12. The van der Waals surface area contributed by atoms with Crippen LogP contribution >= 0.6 is 0 Å². The van der Waals surface area contributed by atoms with Crippen molar-refractivity contribution in [2.45, 2.75) is 19.3 Å². The number of nitrogens with zero attached hydrogens (tertiary/aromatic N) is 1. The molecule has 1 atom stereocenters. The van der Waals surface area contributed by atoms with Crippen molar-refractivity contribution in [3.05, 3.63) is 108 Å². The minimum atomic E-state index is -2.50. The van der Waals surface area contributed by atoms with E-state index in [4.69, 9.17) is 0 Å². The van der Waals surface area contributed by atoms with E-state index in [-0.39, 0.29) is 5.56 Å². The molecule has 1 unspecified atom stereocenters. The molecule has 32 heavy (non-hydrogen) atoms. The Morgan fingerprint density at radius 1 is 0.844 bits per heavy atom. The van der Waals surface area contributed by atoms with Crippen LogP contribution in [0.5, 0.6) is 0 Å². The highest BCUT2D eigenvalue weighted by molar-refractivity contribution is 7.81. The Morgan fingerprint density at radius 3 is 2.34 bits per heavy atom. The lowest BCUT2D eigenvalue weighted by Gasteiger charge is -2.29. The van der Waals surface area contributed by atoms with Gasteiger partial charge < -0.3 is 9.66 Å². The van der Waals surface area contributed by atoms with Gasteiger partial charge in [-0.15, -0.1) is 0 Å². The fraction of sp³-hybridized carbons (Fsp3) is 0.115. The largest absolute Gasteiger partial charge is 0.755 e. The summed E-state index contributed by atoms with van der Waals surface area (Å²) in [5.74, 6) is -0.944. The van der Waals surface area contributed by atoms with Crippen LogP contribution in [0.15, 0.2) is 91.0 Å². The Morgan fingerprint density at radius 2 is 1.53 bits per heavy atom. The van der Waals surface area contributed by atoms with Gasteiger partial charge in [0, 0.05) is 5.39 Å². The van der Waals surface area contributed by atoms with E-state index in [0.29, 0.717) is 24.2 Å². The van der Waals surface area contributed by atoms with Gasteiger partial charge in [0.05, 0.1) is 28.2 Å². The molecule has 0 aliphatic heterocycles. The van der Waals surface area contributed by atoms with Gasteiger partial charge in [0.25, 0.3) is 0 Å². The first kappa shape index (κ1) is 21.7. The number of fused-ring (bicyclic) bond motifs is 1. The van der Waals surface area contributed by atoms with Crippen molar-refractivity contribution in [2.24, 2.45) is 0 Å². The number of benzene rings is 4. The van der Waals surface area contributed by atoms with Crippen molar-refractivity contribution in [1.82, 2.24) is 0 Å².